The first kappa shape index (κ1) is 15.0. The predicted octanol–water partition coefficient (Wildman–Crippen LogP) is 2.78. The average Bonchev–Trinajstić information content (AvgIpc) is 2.92. The van der Waals surface area contributed by atoms with E-state index >= 15 is 0 Å². The number of nitrogens with two attached hydrogens (primary N) is 1. The fraction of sp³-hybridized carbons (Fsp3) is 0.308. The molecule has 2 rings (SSSR count). The van der Waals surface area contributed by atoms with Gasteiger partial charge in [-0.1, -0.05) is 0 Å². The lowest BCUT2D eigenvalue weighted by molar-refractivity contribution is -0.0521. The van der Waals surface area contributed by atoms with E-state index < -0.39 is 18.2 Å². The maximum absolute atomic E-state index is 13.4. The zero-order chi connectivity index (χ0) is 15.2. The number of imidazole rings is 1. The quantitative estimate of drug-likeness (QED) is 0.543. The molecule has 1 heterocycles. The molecule has 0 amide bonds. The summed E-state index contributed by atoms with van der Waals surface area (Å²) < 4.78 is 41.8. The van der Waals surface area contributed by atoms with Crippen LogP contribution in [-0.2, 0) is 6.42 Å². The Balaban J connectivity index is 1.92. The zero-order valence-electron chi connectivity index (χ0n) is 11.1. The molecule has 0 saturated carbocycles. The van der Waals surface area contributed by atoms with E-state index in [0.29, 0.717) is 12.2 Å². The van der Waals surface area contributed by atoms with Gasteiger partial charge in [0.1, 0.15) is 5.82 Å². The van der Waals surface area contributed by atoms with Crippen molar-refractivity contribution in [1.82, 2.24) is 9.97 Å². The van der Waals surface area contributed by atoms with Crippen molar-refractivity contribution in [2.24, 2.45) is 0 Å². The Bertz CT molecular complexity index is 575. The molecule has 0 radical (unpaired) electrons. The third-order valence-electron chi connectivity index (χ3n) is 2.78. The van der Waals surface area contributed by atoms with Gasteiger partial charge in [-0.05, 0) is 6.42 Å². The average molecular weight is 300 g/mol. The minimum absolute atomic E-state index is 0.132. The zero-order valence-corrected chi connectivity index (χ0v) is 11.1. The largest absolute Gasteiger partial charge is 0.432 e. The van der Waals surface area contributed by atoms with E-state index in [4.69, 9.17) is 5.73 Å². The van der Waals surface area contributed by atoms with Gasteiger partial charge in [-0.25, -0.2) is 9.37 Å². The van der Waals surface area contributed by atoms with Crippen LogP contribution in [-0.4, -0.2) is 23.1 Å². The van der Waals surface area contributed by atoms with Crippen LogP contribution in [0.4, 0.5) is 24.5 Å². The number of nitrogens with one attached hydrogen (secondary N) is 2. The van der Waals surface area contributed by atoms with Crippen molar-refractivity contribution < 1.29 is 17.9 Å². The molecule has 1 aromatic carbocycles. The molecule has 0 saturated heterocycles. The van der Waals surface area contributed by atoms with Crippen molar-refractivity contribution in [3.63, 3.8) is 0 Å². The molecule has 0 atom stereocenters. The fourth-order valence-electron chi connectivity index (χ4n) is 1.82. The Hall–Kier alpha value is -2.38. The predicted molar refractivity (Wildman–Crippen MR) is 72.8 cm³/mol. The smallest absolute Gasteiger partial charge is 0.387 e. The number of anilines is 2. The maximum atomic E-state index is 13.4. The van der Waals surface area contributed by atoms with Crippen LogP contribution in [0.25, 0.3) is 0 Å². The first-order valence-electron chi connectivity index (χ1n) is 6.32. The van der Waals surface area contributed by atoms with Crippen molar-refractivity contribution in [1.29, 1.82) is 0 Å². The van der Waals surface area contributed by atoms with E-state index in [1.54, 1.807) is 12.4 Å². The van der Waals surface area contributed by atoms with E-state index in [-0.39, 0.29) is 5.69 Å². The molecule has 0 bridgehead atoms. The van der Waals surface area contributed by atoms with Crippen molar-refractivity contribution in [3.05, 3.63) is 36.2 Å². The third-order valence-corrected chi connectivity index (χ3v) is 2.78. The molecule has 0 fully saturated rings. The lowest BCUT2D eigenvalue weighted by atomic mass is 10.2. The van der Waals surface area contributed by atoms with Gasteiger partial charge >= 0.3 is 6.61 Å². The Morgan fingerprint density at radius 3 is 2.86 bits per heavy atom. The fourth-order valence-corrected chi connectivity index (χ4v) is 1.82. The Morgan fingerprint density at radius 1 is 1.38 bits per heavy atom. The van der Waals surface area contributed by atoms with E-state index in [1.165, 1.54) is 0 Å². The molecule has 114 valence electrons. The number of aromatic nitrogens is 2. The van der Waals surface area contributed by atoms with Gasteiger partial charge in [-0.2, -0.15) is 8.78 Å². The van der Waals surface area contributed by atoms with Gasteiger partial charge in [-0.3, -0.25) is 0 Å². The number of nitrogens with zero attached hydrogens (tertiary/aromatic N) is 1. The number of hydrogen-bond acceptors (Lipinski definition) is 4. The molecule has 0 spiro atoms. The summed E-state index contributed by atoms with van der Waals surface area (Å²) in [7, 11) is 0. The second kappa shape index (κ2) is 6.87. The summed E-state index contributed by atoms with van der Waals surface area (Å²) in [5.74, 6) is -0.604. The molecule has 5 nitrogen and oxygen atoms in total. The van der Waals surface area contributed by atoms with Crippen LogP contribution in [0.2, 0.25) is 0 Å². The first-order chi connectivity index (χ1) is 10.1. The number of alkyl halides is 2. The van der Waals surface area contributed by atoms with E-state index in [9.17, 15) is 13.2 Å². The number of nitrogen functional groups attached to an aromatic ring is 1. The molecule has 2 aromatic rings. The number of hydrogen-bond donors (Lipinski definition) is 3. The van der Waals surface area contributed by atoms with Crippen molar-refractivity contribution in [3.8, 4) is 5.75 Å². The maximum Gasteiger partial charge on any atom is 0.387 e. The summed E-state index contributed by atoms with van der Waals surface area (Å²) in [5.41, 5.74) is 6.12. The van der Waals surface area contributed by atoms with Gasteiger partial charge in [0, 0.05) is 37.5 Å². The normalized spacial score (nSPS) is 10.9. The van der Waals surface area contributed by atoms with Crippen molar-refractivity contribution in [2.45, 2.75) is 19.5 Å². The van der Waals surface area contributed by atoms with Crippen LogP contribution in [0.15, 0.2) is 24.5 Å². The summed E-state index contributed by atoms with van der Waals surface area (Å²) in [6, 6.07) is 2.08. The van der Waals surface area contributed by atoms with Crippen LogP contribution >= 0.6 is 0 Å². The molecule has 4 N–H and O–H groups in total. The second-order valence-corrected chi connectivity index (χ2v) is 4.31. The van der Waals surface area contributed by atoms with Gasteiger partial charge in [0.05, 0.1) is 11.4 Å². The number of H-pyrrole nitrogens is 1. The molecule has 1 aromatic heterocycles. The summed E-state index contributed by atoms with van der Waals surface area (Å²) in [4.78, 5) is 7.04. The van der Waals surface area contributed by atoms with Gasteiger partial charge in [-0.15, -0.1) is 0 Å². The van der Waals surface area contributed by atoms with Crippen LogP contribution in [0.3, 0.4) is 0 Å². The first-order valence-corrected chi connectivity index (χ1v) is 6.32. The number of aromatic amines is 1. The van der Waals surface area contributed by atoms with Crippen molar-refractivity contribution in [2.75, 3.05) is 17.6 Å². The van der Waals surface area contributed by atoms with Gasteiger partial charge in [0.15, 0.2) is 11.6 Å². The minimum Gasteiger partial charge on any atom is -0.432 e. The second-order valence-electron chi connectivity index (χ2n) is 4.31. The lowest BCUT2D eigenvalue weighted by Crippen LogP contribution is -2.09. The summed E-state index contributed by atoms with van der Waals surface area (Å²) >= 11 is 0. The molecule has 0 unspecified atom stereocenters. The summed E-state index contributed by atoms with van der Waals surface area (Å²) in [6.07, 6.45) is 4.86. The molecule has 21 heavy (non-hydrogen) atoms. The summed E-state index contributed by atoms with van der Waals surface area (Å²) in [5, 5.41) is 2.96. The lowest BCUT2D eigenvalue weighted by Gasteiger charge is -2.12. The van der Waals surface area contributed by atoms with Gasteiger partial charge in [0.25, 0.3) is 0 Å². The summed E-state index contributed by atoms with van der Waals surface area (Å²) in [6.45, 7) is -2.56. The number of aryl methyl sites for hydroxylation is 1. The van der Waals surface area contributed by atoms with Crippen molar-refractivity contribution >= 4 is 11.4 Å². The Labute approximate surface area is 119 Å². The molecule has 0 aliphatic heterocycles. The molecular formula is C13H15F3N4O. The van der Waals surface area contributed by atoms with Gasteiger partial charge < -0.3 is 20.8 Å². The number of benzene rings is 1. The number of rotatable bonds is 7. The highest BCUT2D eigenvalue weighted by atomic mass is 19.3. The minimum atomic E-state index is -3.09. The Morgan fingerprint density at radius 2 is 2.19 bits per heavy atom. The van der Waals surface area contributed by atoms with E-state index in [2.05, 4.69) is 20.0 Å². The highest BCUT2D eigenvalue weighted by Crippen LogP contribution is 2.29. The molecule has 0 aliphatic carbocycles. The standard InChI is InChI=1S/C13H15F3N4O/c14-8-6-9(17)10(7-11(8)21-13(15)16)18-3-1-2-12-19-4-5-20-12/h4-7,13,18H,1-3,17H2,(H,19,20). The van der Waals surface area contributed by atoms with E-state index in [0.717, 1.165) is 30.8 Å². The highest BCUT2D eigenvalue weighted by molar-refractivity contribution is 5.68. The SMILES string of the molecule is Nc1cc(F)c(OC(F)F)cc1NCCCc1ncc[nH]1. The van der Waals surface area contributed by atoms with Crippen LogP contribution < -0.4 is 15.8 Å². The Kier molecular flexibility index (Phi) is 4.91. The number of ether oxygens (including phenoxy) is 1. The monoisotopic (exact) mass is 300 g/mol. The van der Waals surface area contributed by atoms with Crippen LogP contribution in [0.1, 0.15) is 12.2 Å². The number of halogens is 3. The third kappa shape index (κ3) is 4.30. The highest BCUT2D eigenvalue weighted by Gasteiger charge is 2.13. The van der Waals surface area contributed by atoms with Crippen LogP contribution in [0.5, 0.6) is 5.75 Å². The van der Waals surface area contributed by atoms with E-state index in [1.807, 2.05) is 0 Å². The molecule has 0 aliphatic rings. The topological polar surface area (TPSA) is 76.0 Å². The van der Waals surface area contributed by atoms with Crippen LogP contribution in [0, 0.1) is 5.82 Å². The van der Waals surface area contributed by atoms with Gasteiger partial charge in [0.2, 0.25) is 0 Å². The molecular weight excluding hydrogens is 285 g/mol. The molecule has 8 heteroatoms.